The van der Waals surface area contributed by atoms with Crippen LogP contribution in [0.5, 0.6) is 0 Å². The molecule has 6 nitrogen and oxygen atoms in total. The topological polar surface area (TPSA) is 79.9 Å². The summed E-state index contributed by atoms with van der Waals surface area (Å²) in [5.74, 6) is 0.182. The molecular formula is C19H29FN4O2. The molecule has 0 spiro atoms. The number of nitrogens with one attached hydrogen (secondary N) is 1. The monoisotopic (exact) mass is 364 g/mol. The van der Waals surface area contributed by atoms with Gasteiger partial charge in [0, 0.05) is 32.7 Å². The molecule has 1 aromatic rings. The van der Waals surface area contributed by atoms with E-state index < -0.39 is 11.8 Å². The Morgan fingerprint density at radius 2 is 2.19 bits per heavy atom. The van der Waals surface area contributed by atoms with E-state index >= 15 is 0 Å². The molecule has 1 fully saturated rings. The van der Waals surface area contributed by atoms with Gasteiger partial charge in [-0.25, -0.2) is 4.39 Å². The molecule has 0 bridgehead atoms. The molecule has 1 saturated heterocycles. The summed E-state index contributed by atoms with van der Waals surface area (Å²) in [5.41, 5.74) is 6.43. The van der Waals surface area contributed by atoms with Crippen LogP contribution in [0.3, 0.4) is 0 Å². The van der Waals surface area contributed by atoms with E-state index in [9.17, 15) is 9.18 Å². The number of carbonyl (C=O) groups excluding carboxylic acids is 1. The molecule has 26 heavy (non-hydrogen) atoms. The molecule has 0 aliphatic carbocycles. The van der Waals surface area contributed by atoms with Gasteiger partial charge in [-0.3, -0.25) is 9.79 Å². The number of nitrogens with zero attached hydrogens (tertiary/aromatic N) is 2. The lowest BCUT2D eigenvalue weighted by Crippen LogP contribution is -2.41. The van der Waals surface area contributed by atoms with Gasteiger partial charge >= 0.3 is 0 Å². The number of ether oxygens (including phenoxy) is 1. The summed E-state index contributed by atoms with van der Waals surface area (Å²) in [7, 11) is 1.72. The predicted octanol–water partition coefficient (Wildman–Crippen LogP) is 1.40. The number of methoxy groups -OCH3 is 1. The molecule has 144 valence electrons. The zero-order valence-corrected chi connectivity index (χ0v) is 15.6. The van der Waals surface area contributed by atoms with Crippen LogP contribution >= 0.6 is 0 Å². The molecule has 1 amide bonds. The van der Waals surface area contributed by atoms with Gasteiger partial charge in [-0.15, -0.1) is 0 Å². The molecule has 0 saturated carbocycles. The van der Waals surface area contributed by atoms with Crippen molar-refractivity contribution < 1.29 is 13.9 Å². The maximum Gasteiger partial charge on any atom is 0.222 e. The highest BCUT2D eigenvalue weighted by molar-refractivity contribution is 5.81. The zero-order chi connectivity index (χ0) is 18.9. The Morgan fingerprint density at radius 1 is 1.46 bits per heavy atom. The average Bonchev–Trinajstić information content (AvgIpc) is 3.07. The lowest BCUT2D eigenvalue weighted by atomic mass is 9.99. The summed E-state index contributed by atoms with van der Waals surface area (Å²) in [6, 6.07) is 6.13. The van der Waals surface area contributed by atoms with Crippen molar-refractivity contribution in [3.8, 4) is 0 Å². The molecule has 1 aromatic carbocycles. The van der Waals surface area contributed by atoms with E-state index in [4.69, 9.17) is 10.5 Å². The highest BCUT2D eigenvalue weighted by Crippen LogP contribution is 2.17. The number of rotatable bonds is 8. The van der Waals surface area contributed by atoms with Crippen LogP contribution < -0.4 is 11.1 Å². The maximum atomic E-state index is 13.0. The number of halogens is 1. The molecule has 1 aliphatic heterocycles. The summed E-state index contributed by atoms with van der Waals surface area (Å²) >= 11 is 0. The Hall–Kier alpha value is -2.15. The van der Waals surface area contributed by atoms with Gasteiger partial charge < -0.3 is 20.7 Å². The Balaban J connectivity index is 2.02. The first-order valence-electron chi connectivity index (χ1n) is 9.09. The first kappa shape index (κ1) is 20.2. The van der Waals surface area contributed by atoms with Crippen molar-refractivity contribution >= 4 is 11.9 Å². The van der Waals surface area contributed by atoms with E-state index in [1.54, 1.807) is 19.2 Å². The second-order valence-electron chi connectivity index (χ2n) is 6.68. The largest absolute Gasteiger partial charge is 0.384 e. The minimum Gasteiger partial charge on any atom is -0.384 e. The molecule has 0 aromatic heterocycles. The average molecular weight is 364 g/mol. The van der Waals surface area contributed by atoms with Crippen LogP contribution in [0.4, 0.5) is 4.39 Å². The molecule has 1 heterocycles. The lowest BCUT2D eigenvalue weighted by Gasteiger charge is -2.22. The van der Waals surface area contributed by atoms with Gasteiger partial charge in [0.25, 0.3) is 0 Å². The van der Waals surface area contributed by atoms with Crippen molar-refractivity contribution in [1.29, 1.82) is 0 Å². The zero-order valence-electron chi connectivity index (χ0n) is 15.6. The van der Waals surface area contributed by atoms with E-state index in [1.807, 2.05) is 6.92 Å². The maximum absolute atomic E-state index is 13.0. The second kappa shape index (κ2) is 10.1. The molecule has 2 atom stereocenters. The third-order valence-corrected chi connectivity index (χ3v) is 4.58. The standard InChI is InChI=1S/C19H29FN4O2/c1-3-22-19(24-9-8-15(12-24)13-26-2)23-11-16(18(21)25)10-14-4-6-17(20)7-5-14/h4-7,15-16H,3,8-13H2,1-2H3,(H2,21,25)(H,22,23). The number of aliphatic imine (C=N–C) groups is 1. The third-order valence-electron chi connectivity index (χ3n) is 4.58. The number of benzene rings is 1. The number of primary amides is 1. The fraction of sp³-hybridized carbons (Fsp3) is 0.579. The quantitative estimate of drug-likeness (QED) is 0.540. The van der Waals surface area contributed by atoms with Gasteiger partial charge in [-0.2, -0.15) is 0 Å². The SMILES string of the molecule is CCNC(=NCC(Cc1ccc(F)cc1)C(N)=O)N1CCC(COC)C1. The van der Waals surface area contributed by atoms with Crippen molar-refractivity contribution in [3.63, 3.8) is 0 Å². The molecule has 1 aliphatic rings. The minimum absolute atomic E-state index is 0.295. The van der Waals surface area contributed by atoms with Gasteiger partial charge in [-0.05, 0) is 37.5 Å². The summed E-state index contributed by atoms with van der Waals surface area (Å²) < 4.78 is 18.3. The number of carbonyl (C=O) groups is 1. The second-order valence-corrected chi connectivity index (χ2v) is 6.68. The highest BCUT2D eigenvalue weighted by atomic mass is 19.1. The molecular weight excluding hydrogens is 335 g/mol. The van der Waals surface area contributed by atoms with E-state index in [1.165, 1.54) is 12.1 Å². The summed E-state index contributed by atoms with van der Waals surface area (Å²) in [6.07, 6.45) is 1.51. The van der Waals surface area contributed by atoms with Gasteiger partial charge in [0.05, 0.1) is 19.1 Å². The van der Waals surface area contributed by atoms with E-state index in [0.29, 0.717) is 18.9 Å². The Labute approximate surface area is 154 Å². The van der Waals surface area contributed by atoms with E-state index in [-0.39, 0.29) is 5.82 Å². The van der Waals surface area contributed by atoms with Crippen LogP contribution in [0.25, 0.3) is 0 Å². The number of nitrogens with two attached hydrogens (primary N) is 1. The van der Waals surface area contributed by atoms with Crippen LogP contribution in [-0.2, 0) is 16.0 Å². The first-order chi connectivity index (χ1) is 12.5. The first-order valence-corrected chi connectivity index (χ1v) is 9.09. The van der Waals surface area contributed by atoms with E-state index in [2.05, 4.69) is 15.2 Å². The molecule has 3 N–H and O–H groups in total. The number of likely N-dealkylation sites (tertiary alicyclic amines) is 1. The van der Waals surface area contributed by atoms with Crippen LogP contribution in [0, 0.1) is 17.7 Å². The summed E-state index contributed by atoms with van der Waals surface area (Å²) in [4.78, 5) is 18.7. The van der Waals surface area contributed by atoms with Crippen LogP contribution in [-0.4, -0.2) is 56.7 Å². The van der Waals surface area contributed by atoms with Crippen LogP contribution in [0.2, 0.25) is 0 Å². The molecule has 7 heteroatoms. The lowest BCUT2D eigenvalue weighted by molar-refractivity contribution is -0.121. The fourth-order valence-electron chi connectivity index (χ4n) is 3.18. The van der Waals surface area contributed by atoms with Gasteiger partial charge in [0.1, 0.15) is 5.82 Å². The highest BCUT2D eigenvalue weighted by Gasteiger charge is 2.25. The number of hydrogen-bond acceptors (Lipinski definition) is 3. The smallest absolute Gasteiger partial charge is 0.222 e. The number of amides is 1. The summed E-state index contributed by atoms with van der Waals surface area (Å²) in [6.45, 7) is 5.62. The van der Waals surface area contributed by atoms with Crippen molar-refractivity contribution in [1.82, 2.24) is 10.2 Å². The van der Waals surface area contributed by atoms with Crippen molar-refractivity contribution in [2.24, 2.45) is 22.6 Å². The van der Waals surface area contributed by atoms with Crippen LogP contribution in [0.15, 0.2) is 29.3 Å². The van der Waals surface area contributed by atoms with Gasteiger partial charge in [0.2, 0.25) is 5.91 Å². The molecule has 2 rings (SSSR count). The van der Waals surface area contributed by atoms with Crippen molar-refractivity contribution in [2.75, 3.05) is 39.9 Å². The summed E-state index contributed by atoms with van der Waals surface area (Å²) in [5, 5.41) is 3.29. The Bertz CT molecular complexity index is 606. The number of hydrogen-bond donors (Lipinski definition) is 2. The third kappa shape index (κ3) is 5.98. The fourth-order valence-corrected chi connectivity index (χ4v) is 3.18. The number of guanidine groups is 1. The van der Waals surface area contributed by atoms with Crippen molar-refractivity contribution in [2.45, 2.75) is 19.8 Å². The van der Waals surface area contributed by atoms with Gasteiger partial charge in [-0.1, -0.05) is 12.1 Å². The normalized spacial score (nSPS) is 18.8. The predicted molar refractivity (Wildman–Crippen MR) is 100 cm³/mol. The van der Waals surface area contributed by atoms with Crippen molar-refractivity contribution in [3.05, 3.63) is 35.6 Å². The van der Waals surface area contributed by atoms with Crippen LogP contribution in [0.1, 0.15) is 18.9 Å². The minimum atomic E-state index is -0.425. The Morgan fingerprint density at radius 3 is 2.81 bits per heavy atom. The molecule has 2 unspecified atom stereocenters. The molecule has 0 radical (unpaired) electrons. The van der Waals surface area contributed by atoms with Gasteiger partial charge in [0.15, 0.2) is 5.96 Å². The van der Waals surface area contributed by atoms with E-state index in [0.717, 1.165) is 44.2 Å². The Kier molecular flexibility index (Phi) is 7.84.